The zero-order chi connectivity index (χ0) is 14.1. The third-order valence-electron chi connectivity index (χ3n) is 3.20. The highest BCUT2D eigenvalue weighted by atomic mass is 32.1. The summed E-state index contributed by atoms with van der Waals surface area (Å²) in [7, 11) is 1.63. The molecule has 1 aromatic carbocycles. The van der Waals surface area contributed by atoms with Crippen molar-refractivity contribution in [3.63, 3.8) is 0 Å². The molecule has 0 fully saturated rings. The lowest BCUT2D eigenvalue weighted by molar-refractivity contribution is -0.127. The Kier molecular flexibility index (Phi) is 3.23. The van der Waals surface area contributed by atoms with Crippen LogP contribution in [0.1, 0.15) is 15.9 Å². The molecular weight excluding hydrogens is 276 g/mol. The summed E-state index contributed by atoms with van der Waals surface area (Å²) in [4.78, 5) is 29.8. The van der Waals surface area contributed by atoms with Crippen molar-refractivity contribution in [2.24, 2.45) is 0 Å². The number of rotatable bonds is 2. The number of benzene rings is 1. The van der Waals surface area contributed by atoms with Crippen molar-refractivity contribution in [3.8, 4) is 0 Å². The number of ether oxygens (including phenoxy) is 1. The standard InChI is InChI=1S/C14H12N2O3S/c1-16(14-15-6-7-20-14)12(17)11-8-9-4-2-3-5-10(9)13(18)19-11/h2-7,11H,8H2,1H3. The van der Waals surface area contributed by atoms with Gasteiger partial charge < -0.3 is 4.74 Å². The largest absolute Gasteiger partial charge is 0.448 e. The van der Waals surface area contributed by atoms with Crippen LogP contribution in [0.2, 0.25) is 0 Å². The van der Waals surface area contributed by atoms with Crippen LogP contribution in [0.25, 0.3) is 0 Å². The Morgan fingerprint density at radius 2 is 2.25 bits per heavy atom. The number of carbonyl (C=O) groups is 2. The molecule has 0 N–H and O–H groups in total. The van der Waals surface area contributed by atoms with E-state index in [-0.39, 0.29) is 5.91 Å². The van der Waals surface area contributed by atoms with E-state index < -0.39 is 12.1 Å². The average Bonchev–Trinajstić information content (AvgIpc) is 3.00. The summed E-state index contributed by atoms with van der Waals surface area (Å²) in [6, 6.07) is 7.19. The Morgan fingerprint density at radius 1 is 1.45 bits per heavy atom. The van der Waals surface area contributed by atoms with Gasteiger partial charge in [0, 0.05) is 25.0 Å². The van der Waals surface area contributed by atoms with E-state index in [1.807, 2.05) is 12.1 Å². The summed E-state index contributed by atoms with van der Waals surface area (Å²) in [5.41, 5.74) is 1.38. The zero-order valence-corrected chi connectivity index (χ0v) is 11.6. The number of hydrogen-bond donors (Lipinski definition) is 0. The maximum atomic E-state index is 12.4. The van der Waals surface area contributed by atoms with Crippen LogP contribution in [0, 0.1) is 0 Å². The van der Waals surface area contributed by atoms with Gasteiger partial charge in [-0.1, -0.05) is 18.2 Å². The van der Waals surface area contributed by atoms with E-state index in [2.05, 4.69) is 4.98 Å². The summed E-state index contributed by atoms with van der Waals surface area (Å²) in [6.45, 7) is 0. The number of fused-ring (bicyclic) bond motifs is 1. The summed E-state index contributed by atoms with van der Waals surface area (Å²) < 4.78 is 5.24. The number of likely N-dealkylation sites (N-methyl/N-ethyl adjacent to an activating group) is 1. The minimum atomic E-state index is -0.786. The van der Waals surface area contributed by atoms with Crippen LogP contribution in [0.5, 0.6) is 0 Å². The first-order valence-electron chi connectivity index (χ1n) is 6.13. The summed E-state index contributed by atoms with van der Waals surface area (Å²) >= 11 is 1.36. The van der Waals surface area contributed by atoms with Crippen LogP contribution >= 0.6 is 11.3 Å². The molecule has 5 nitrogen and oxygen atoms in total. The number of thiazole rings is 1. The molecule has 0 aliphatic carbocycles. The van der Waals surface area contributed by atoms with E-state index in [4.69, 9.17) is 4.74 Å². The second kappa shape index (κ2) is 5.05. The summed E-state index contributed by atoms with van der Waals surface area (Å²) in [6.07, 6.45) is 1.24. The smallest absolute Gasteiger partial charge is 0.339 e. The molecule has 1 aliphatic heterocycles. The number of esters is 1. The van der Waals surface area contributed by atoms with Gasteiger partial charge in [0.1, 0.15) is 0 Å². The maximum Gasteiger partial charge on any atom is 0.339 e. The molecule has 102 valence electrons. The molecule has 1 aliphatic rings. The fraction of sp³-hybridized carbons (Fsp3) is 0.214. The van der Waals surface area contributed by atoms with E-state index in [0.717, 1.165) is 5.56 Å². The lowest BCUT2D eigenvalue weighted by Gasteiger charge is -2.26. The highest BCUT2D eigenvalue weighted by molar-refractivity contribution is 7.13. The SMILES string of the molecule is CN(C(=O)C1Cc2ccccc2C(=O)O1)c1nccs1. The number of cyclic esters (lactones) is 1. The molecule has 2 aromatic rings. The van der Waals surface area contributed by atoms with Crippen molar-refractivity contribution in [1.29, 1.82) is 0 Å². The van der Waals surface area contributed by atoms with E-state index in [1.165, 1.54) is 16.2 Å². The lowest BCUT2D eigenvalue weighted by Crippen LogP contribution is -2.42. The molecule has 0 bridgehead atoms. The first-order chi connectivity index (χ1) is 9.66. The number of aromatic nitrogens is 1. The Balaban J connectivity index is 1.83. The van der Waals surface area contributed by atoms with Gasteiger partial charge in [-0.2, -0.15) is 0 Å². The Bertz CT molecular complexity index is 654. The highest BCUT2D eigenvalue weighted by Gasteiger charge is 2.33. The van der Waals surface area contributed by atoms with E-state index in [0.29, 0.717) is 17.1 Å². The van der Waals surface area contributed by atoms with Crippen LogP contribution in [0.4, 0.5) is 5.13 Å². The first kappa shape index (κ1) is 12.8. The molecule has 20 heavy (non-hydrogen) atoms. The van der Waals surface area contributed by atoms with Crippen LogP contribution in [0.3, 0.4) is 0 Å². The van der Waals surface area contributed by atoms with Gasteiger partial charge in [0.2, 0.25) is 0 Å². The van der Waals surface area contributed by atoms with E-state index in [9.17, 15) is 9.59 Å². The monoisotopic (exact) mass is 288 g/mol. The van der Waals surface area contributed by atoms with Crippen molar-refractivity contribution in [2.45, 2.75) is 12.5 Å². The molecule has 0 radical (unpaired) electrons. The van der Waals surface area contributed by atoms with E-state index >= 15 is 0 Å². The van der Waals surface area contributed by atoms with Crippen molar-refractivity contribution >= 4 is 28.3 Å². The number of amides is 1. The van der Waals surface area contributed by atoms with Crippen molar-refractivity contribution in [2.75, 3.05) is 11.9 Å². The predicted molar refractivity (Wildman–Crippen MR) is 74.9 cm³/mol. The Labute approximate surface area is 119 Å². The molecule has 1 unspecified atom stereocenters. The number of hydrogen-bond acceptors (Lipinski definition) is 5. The molecule has 2 heterocycles. The molecule has 6 heteroatoms. The quantitative estimate of drug-likeness (QED) is 0.792. The average molecular weight is 288 g/mol. The summed E-state index contributed by atoms with van der Waals surface area (Å²) in [5, 5.41) is 2.38. The number of anilines is 1. The lowest BCUT2D eigenvalue weighted by atomic mass is 9.98. The summed E-state index contributed by atoms with van der Waals surface area (Å²) in [5.74, 6) is -0.708. The number of carbonyl (C=O) groups excluding carboxylic acids is 2. The van der Waals surface area contributed by atoms with Gasteiger partial charge in [0.15, 0.2) is 11.2 Å². The Morgan fingerprint density at radius 3 is 3.00 bits per heavy atom. The molecule has 1 amide bonds. The van der Waals surface area contributed by atoms with Gasteiger partial charge in [0.25, 0.3) is 5.91 Å². The third kappa shape index (κ3) is 2.18. The molecule has 0 saturated heterocycles. The van der Waals surface area contributed by atoms with Crippen LogP contribution in [0.15, 0.2) is 35.8 Å². The molecule has 1 aromatic heterocycles. The Hall–Kier alpha value is -2.21. The zero-order valence-electron chi connectivity index (χ0n) is 10.8. The van der Waals surface area contributed by atoms with Gasteiger partial charge >= 0.3 is 5.97 Å². The third-order valence-corrected chi connectivity index (χ3v) is 4.05. The minimum absolute atomic E-state index is 0.261. The second-order valence-corrected chi connectivity index (χ2v) is 5.34. The predicted octanol–water partition coefficient (Wildman–Crippen LogP) is 1.89. The highest BCUT2D eigenvalue weighted by Crippen LogP contribution is 2.23. The topological polar surface area (TPSA) is 59.5 Å². The van der Waals surface area contributed by atoms with Gasteiger partial charge in [-0.05, 0) is 11.6 Å². The van der Waals surface area contributed by atoms with Crippen LogP contribution in [-0.4, -0.2) is 30.0 Å². The second-order valence-electron chi connectivity index (χ2n) is 4.47. The van der Waals surface area contributed by atoms with E-state index in [1.54, 1.807) is 30.8 Å². The minimum Gasteiger partial charge on any atom is -0.448 e. The van der Waals surface area contributed by atoms with Gasteiger partial charge in [0.05, 0.1) is 5.56 Å². The molecule has 0 spiro atoms. The van der Waals surface area contributed by atoms with Crippen molar-refractivity contribution in [3.05, 3.63) is 47.0 Å². The van der Waals surface area contributed by atoms with Gasteiger partial charge in [-0.3, -0.25) is 9.69 Å². The molecule has 0 saturated carbocycles. The normalized spacial score (nSPS) is 17.2. The van der Waals surface area contributed by atoms with Crippen LogP contribution < -0.4 is 4.90 Å². The van der Waals surface area contributed by atoms with Gasteiger partial charge in [-0.25, -0.2) is 9.78 Å². The maximum absolute atomic E-state index is 12.4. The fourth-order valence-electron chi connectivity index (χ4n) is 2.16. The molecular formula is C14H12N2O3S. The molecule has 3 rings (SSSR count). The first-order valence-corrected chi connectivity index (χ1v) is 7.00. The fourth-order valence-corrected chi connectivity index (χ4v) is 2.77. The van der Waals surface area contributed by atoms with Crippen molar-refractivity contribution in [1.82, 2.24) is 4.98 Å². The molecule has 1 atom stereocenters. The number of nitrogens with zero attached hydrogens (tertiary/aromatic N) is 2. The van der Waals surface area contributed by atoms with Gasteiger partial charge in [-0.15, -0.1) is 11.3 Å². The van der Waals surface area contributed by atoms with Crippen LogP contribution in [-0.2, 0) is 16.0 Å². The van der Waals surface area contributed by atoms with Crippen molar-refractivity contribution < 1.29 is 14.3 Å².